The van der Waals surface area contributed by atoms with Crippen LogP contribution in [0.3, 0.4) is 0 Å². The van der Waals surface area contributed by atoms with Crippen LogP contribution < -0.4 is 0 Å². The van der Waals surface area contributed by atoms with E-state index < -0.39 is 17.8 Å². The maximum Gasteiger partial charge on any atom is 0.416 e. The molecular formula is C19H15F3N4O2. The van der Waals surface area contributed by atoms with Crippen molar-refractivity contribution >= 4 is 5.91 Å². The molecule has 0 spiro atoms. The van der Waals surface area contributed by atoms with Crippen LogP contribution in [0, 0.1) is 0 Å². The lowest BCUT2D eigenvalue weighted by Crippen LogP contribution is -2.31. The van der Waals surface area contributed by atoms with Crippen molar-refractivity contribution in [1.82, 2.24) is 20.0 Å². The molecule has 1 aromatic carbocycles. The molecule has 1 amide bonds. The van der Waals surface area contributed by atoms with E-state index >= 15 is 0 Å². The van der Waals surface area contributed by atoms with Crippen LogP contribution in [0.1, 0.15) is 40.8 Å². The van der Waals surface area contributed by atoms with Gasteiger partial charge in [-0.25, -0.2) is 0 Å². The number of likely N-dealkylation sites (tertiary alicyclic amines) is 1. The molecule has 0 saturated carbocycles. The average molecular weight is 388 g/mol. The molecule has 2 aromatic heterocycles. The first-order valence-corrected chi connectivity index (χ1v) is 8.67. The van der Waals surface area contributed by atoms with Gasteiger partial charge in [-0.1, -0.05) is 23.4 Å². The second-order valence-corrected chi connectivity index (χ2v) is 6.41. The maximum atomic E-state index is 12.9. The second-order valence-electron chi connectivity index (χ2n) is 6.41. The fourth-order valence-electron chi connectivity index (χ4n) is 3.23. The molecule has 144 valence electrons. The number of alkyl halides is 3. The molecule has 3 heterocycles. The van der Waals surface area contributed by atoms with Crippen molar-refractivity contribution in [2.24, 2.45) is 0 Å². The van der Waals surface area contributed by atoms with E-state index in [2.05, 4.69) is 15.1 Å². The number of pyridine rings is 1. The smallest absolute Gasteiger partial charge is 0.337 e. The summed E-state index contributed by atoms with van der Waals surface area (Å²) in [5.74, 6) is 0.00865. The number of hydrogen-bond donors (Lipinski definition) is 0. The summed E-state index contributed by atoms with van der Waals surface area (Å²) in [5.41, 5.74) is -0.276. The SMILES string of the molecule is O=C(c1ccccn1)N1CCC[C@H]1c1nc(-c2cccc(C(F)(F)F)c2)no1. The van der Waals surface area contributed by atoms with Crippen LogP contribution >= 0.6 is 0 Å². The van der Waals surface area contributed by atoms with Gasteiger partial charge in [0.05, 0.1) is 5.56 Å². The second kappa shape index (κ2) is 7.06. The van der Waals surface area contributed by atoms with Crippen molar-refractivity contribution < 1.29 is 22.5 Å². The largest absolute Gasteiger partial charge is 0.416 e. The number of halogens is 3. The molecule has 1 saturated heterocycles. The minimum Gasteiger partial charge on any atom is -0.337 e. The molecule has 0 aliphatic carbocycles. The zero-order valence-corrected chi connectivity index (χ0v) is 14.6. The van der Waals surface area contributed by atoms with Gasteiger partial charge in [-0.05, 0) is 37.1 Å². The monoisotopic (exact) mass is 388 g/mol. The fraction of sp³-hybridized carbons (Fsp3) is 0.263. The first kappa shape index (κ1) is 18.1. The topological polar surface area (TPSA) is 72.1 Å². The molecule has 6 nitrogen and oxygen atoms in total. The van der Waals surface area contributed by atoms with Crippen LogP contribution in [0.2, 0.25) is 0 Å². The van der Waals surface area contributed by atoms with Crippen molar-refractivity contribution in [2.75, 3.05) is 6.54 Å². The Hall–Kier alpha value is -3.23. The van der Waals surface area contributed by atoms with E-state index in [0.29, 0.717) is 18.7 Å². The summed E-state index contributed by atoms with van der Waals surface area (Å²) in [4.78, 5) is 22.6. The molecule has 3 aromatic rings. The Labute approximate surface area is 158 Å². The highest BCUT2D eigenvalue weighted by atomic mass is 19.4. The zero-order valence-electron chi connectivity index (χ0n) is 14.6. The minimum atomic E-state index is -4.46. The molecule has 4 rings (SSSR count). The Bertz CT molecular complexity index is 988. The number of benzene rings is 1. The van der Waals surface area contributed by atoms with E-state index in [1.165, 1.54) is 18.3 Å². The van der Waals surface area contributed by atoms with Gasteiger partial charge >= 0.3 is 6.18 Å². The summed E-state index contributed by atoms with van der Waals surface area (Å²) < 4.78 is 44.1. The third kappa shape index (κ3) is 3.47. The summed E-state index contributed by atoms with van der Waals surface area (Å²) in [7, 11) is 0. The Morgan fingerprint density at radius 2 is 2.04 bits per heavy atom. The molecule has 1 aliphatic heterocycles. The van der Waals surface area contributed by atoms with E-state index in [-0.39, 0.29) is 23.2 Å². The third-order valence-corrected chi connectivity index (χ3v) is 4.57. The number of nitrogens with zero attached hydrogens (tertiary/aromatic N) is 4. The van der Waals surface area contributed by atoms with E-state index in [0.717, 1.165) is 18.6 Å². The number of hydrogen-bond acceptors (Lipinski definition) is 5. The molecule has 1 atom stereocenters. The number of carbonyl (C=O) groups is 1. The van der Waals surface area contributed by atoms with Crippen LogP contribution in [0.5, 0.6) is 0 Å². The molecule has 1 aliphatic rings. The third-order valence-electron chi connectivity index (χ3n) is 4.57. The normalized spacial score (nSPS) is 17.1. The Balaban J connectivity index is 1.60. The Morgan fingerprint density at radius 3 is 2.79 bits per heavy atom. The summed E-state index contributed by atoms with van der Waals surface area (Å²) in [6.45, 7) is 0.515. The van der Waals surface area contributed by atoms with Crippen molar-refractivity contribution in [1.29, 1.82) is 0 Å². The number of amides is 1. The number of rotatable bonds is 3. The molecule has 28 heavy (non-hydrogen) atoms. The fourth-order valence-corrected chi connectivity index (χ4v) is 3.23. The molecule has 1 fully saturated rings. The van der Waals surface area contributed by atoms with Gasteiger partial charge in [-0.15, -0.1) is 0 Å². The van der Waals surface area contributed by atoms with Crippen LogP contribution in [-0.4, -0.2) is 32.5 Å². The summed E-state index contributed by atoms with van der Waals surface area (Å²) in [5, 5.41) is 3.81. The van der Waals surface area contributed by atoms with Gasteiger partial charge in [0, 0.05) is 18.3 Å². The Kier molecular flexibility index (Phi) is 4.58. The minimum absolute atomic E-state index is 0.0539. The summed E-state index contributed by atoms with van der Waals surface area (Å²) in [6.07, 6.45) is -1.54. The molecule has 0 radical (unpaired) electrons. The predicted molar refractivity (Wildman–Crippen MR) is 92.0 cm³/mol. The number of aromatic nitrogens is 3. The van der Waals surface area contributed by atoms with Gasteiger partial charge in [-0.2, -0.15) is 18.2 Å². The standard InChI is InChI=1S/C19H15F3N4O2/c20-19(21,22)13-6-3-5-12(11-13)16-24-17(28-25-16)15-8-4-10-26(15)18(27)14-7-1-2-9-23-14/h1-3,5-7,9,11,15H,4,8,10H2/t15-/m0/s1. The lowest BCUT2D eigenvalue weighted by Gasteiger charge is -2.21. The van der Waals surface area contributed by atoms with Crippen molar-refractivity contribution in [3.05, 3.63) is 65.8 Å². The van der Waals surface area contributed by atoms with E-state index in [9.17, 15) is 18.0 Å². The highest BCUT2D eigenvalue weighted by Crippen LogP contribution is 2.34. The maximum absolute atomic E-state index is 12.9. The molecule has 9 heteroatoms. The predicted octanol–water partition coefficient (Wildman–Crippen LogP) is 4.13. The van der Waals surface area contributed by atoms with Gasteiger partial charge in [0.1, 0.15) is 11.7 Å². The average Bonchev–Trinajstić information content (AvgIpc) is 3.37. The van der Waals surface area contributed by atoms with Gasteiger partial charge < -0.3 is 9.42 Å². The van der Waals surface area contributed by atoms with Crippen molar-refractivity contribution in [3.63, 3.8) is 0 Å². The van der Waals surface area contributed by atoms with Gasteiger partial charge in [-0.3, -0.25) is 9.78 Å². The molecular weight excluding hydrogens is 373 g/mol. The first-order chi connectivity index (χ1) is 13.4. The molecule has 0 unspecified atom stereocenters. The summed E-state index contributed by atoms with van der Waals surface area (Å²) in [6, 6.07) is 9.37. The number of carbonyl (C=O) groups excluding carboxylic acids is 1. The van der Waals surface area contributed by atoms with Crippen LogP contribution in [0.4, 0.5) is 13.2 Å². The van der Waals surface area contributed by atoms with Crippen LogP contribution in [0.25, 0.3) is 11.4 Å². The van der Waals surface area contributed by atoms with E-state index in [4.69, 9.17) is 4.52 Å². The molecule has 0 bridgehead atoms. The van der Waals surface area contributed by atoms with E-state index in [1.807, 2.05) is 0 Å². The van der Waals surface area contributed by atoms with Crippen LogP contribution in [-0.2, 0) is 6.18 Å². The highest BCUT2D eigenvalue weighted by molar-refractivity contribution is 5.92. The quantitative estimate of drug-likeness (QED) is 0.675. The van der Waals surface area contributed by atoms with Gasteiger partial charge in [0.2, 0.25) is 11.7 Å². The van der Waals surface area contributed by atoms with Crippen LogP contribution in [0.15, 0.2) is 53.2 Å². The lowest BCUT2D eigenvalue weighted by molar-refractivity contribution is -0.137. The van der Waals surface area contributed by atoms with Crippen molar-refractivity contribution in [3.8, 4) is 11.4 Å². The first-order valence-electron chi connectivity index (χ1n) is 8.67. The Morgan fingerprint density at radius 1 is 1.18 bits per heavy atom. The zero-order chi connectivity index (χ0) is 19.7. The highest BCUT2D eigenvalue weighted by Gasteiger charge is 2.35. The van der Waals surface area contributed by atoms with E-state index in [1.54, 1.807) is 23.1 Å². The van der Waals surface area contributed by atoms with Crippen molar-refractivity contribution in [2.45, 2.75) is 25.1 Å². The van der Waals surface area contributed by atoms with Gasteiger partial charge in [0.15, 0.2) is 0 Å². The molecule has 0 N–H and O–H groups in total. The lowest BCUT2D eigenvalue weighted by atomic mass is 10.1. The van der Waals surface area contributed by atoms with Gasteiger partial charge in [0.25, 0.3) is 5.91 Å². The summed E-state index contributed by atoms with van der Waals surface area (Å²) >= 11 is 0.